The topological polar surface area (TPSA) is 67.0 Å². The summed E-state index contributed by atoms with van der Waals surface area (Å²) in [7, 11) is 1.60. The first-order valence-corrected chi connectivity index (χ1v) is 8.09. The molecule has 0 saturated carbocycles. The molecule has 0 saturated heterocycles. The van der Waals surface area contributed by atoms with Gasteiger partial charge in [-0.2, -0.15) is 0 Å². The van der Waals surface area contributed by atoms with Crippen LogP contribution in [0.3, 0.4) is 0 Å². The molecule has 2 N–H and O–H groups in total. The normalized spacial score (nSPS) is 10.8. The predicted molar refractivity (Wildman–Crippen MR) is 96.7 cm³/mol. The lowest BCUT2D eigenvalue weighted by Crippen LogP contribution is -2.16. The number of benzene rings is 1. The molecule has 5 nitrogen and oxygen atoms in total. The molecular formula is C19H21N3O2. The van der Waals surface area contributed by atoms with Crippen molar-refractivity contribution in [2.45, 2.75) is 26.3 Å². The lowest BCUT2D eigenvalue weighted by Gasteiger charge is -2.10. The van der Waals surface area contributed by atoms with Gasteiger partial charge in [-0.15, -0.1) is 0 Å². The van der Waals surface area contributed by atoms with E-state index in [0.29, 0.717) is 23.7 Å². The van der Waals surface area contributed by atoms with Gasteiger partial charge in [0.05, 0.1) is 7.11 Å². The Labute approximate surface area is 140 Å². The van der Waals surface area contributed by atoms with Gasteiger partial charge < -0.3 is 15.0 Å². The van der Waals surface area contributed by atoms with Crippen molar-refractivity contribution in [3.8, 4) is 5.75 Å². The molecule has 0 atom stereocenters. The molecule has 0 radical (unpaired) electrons. The summed E-state index contributed by atoms with van der Waals surface area (Å²) in [4.78, 5) is 19.5. The molecule has 0 fully saturated rings. The van der Waals surface area contributed by atoms with Gasteiger partial charge in [-0.25, -0.2) is 4.98 Å². The van der Waals surface area contributed by atoms with E-state index in [9.17, 15) is 4.79 Å². The van der Waals surface area contributed by atoms with Crippen LogP contribution in [0.2, 0.25) is 0 Å². The molecule has 24 heavy (non-hydrogen) atoms. The molecular weight excluding hydrogens is 302 g/mol. The molecule has 0 aliphatic carbocycles. The fraction of sp³-hybridized carbons (Fsp3) is 0.263. The zero-order chi connectivity index (χ0) is 16.9. The predicted octanol–water partition coefficient (Wildman–Crippen LogP) is 3.50. The molecule has 0 amide bonds. The van der Waals surface area contributed by atoms with E-state index >= 15 is 0 Å². The van der Waals surface area contributed by atoms with Gasteiger partial charge in [0.1, 0.15) is 0 Å². The highest BCUT2D eigenvalue weighted by molar-refractivity contribution is 5.79. The van der Waals surface area contributed by atoms with Crippen LogP contribution in [-0.2, 0) is 13.0 Å². The first kappa shape index (κ1) is 16.1. The molecule has 1 aromatic carbocycles. The number of aryl methyl sites for hydroxylation is 1. The number of methoxy groups -OCH3 is 1. The molecule has 0 aliphatic heterocycles. The summed E-state index contributed by atoms with van der Waals surface area (Å²) in [5.41, 5.74) is 2.72. The second kappa shape index (κ2) is 7.17. The van der Waals surface area contributed by atoms with Crippen LogP contribution in [0.1, 0.15) is 24.5 Å². The van der Waals surface area contributed by atoms with Crippen molar-refractivity contribution < 1.29 is 4.74 Å². The van der Waals surface area contributed by atoms with Crippen molar-refractivity contribution in [1.82, 2.24) is 9.97 Å². The minimum Gasteiger partial charge on any atom is -0.493 e. The number of fused-ring (bicyclic) bond motifs is 1. The number of anilines is 1. The van der Waals surface area contributed by atoms with E-state index in [-0.39, 0.29) is 5.56 Å². The minimum absolute atomic E-state index is 0.0897. The quantitative estimate of drug-likeness (QED) is 0.728. The second-order valence-electron chi connectivity index (χ2n) is 5.70. The lowest BCUT2D eigenvalue weighted by molar-refractivity contribution is 0.415. The monoisotopic (exact) mass is 323 g/mol. The third-order valence-corrected chi connectivity index (χ3v) is 3.96. The maximum Gasteiger partial charge on any atom is 0.253 e. The standard InChI is InChI=1S/C19H21N3O2/c1-3-5-13-7-8-16-14(10-13)11-15(19(23)22-16)12-21-18-17(24-2)6-4-9-20-18/h4,6-11H,3,5,12H2,1-2H3,(H,20,21)(H,22,23). The van der Waals surface area contributed by atoms with E-state index in [0.717, 1.165) is 23.7 Å². The van der Waals surface area contributed by atoms with Gasteiger partial charge in [-0.1, -0.05) is 19.4 Å². The number of pyridine rings is 2. The van der Waals surface area contributed by atoms with Crippen molar-refractivity contribution in [3.63, 3.8) is 0 Å². The maximum absolute atomic E-state index is 12.3. The zero-order valence-electron chi connectivity index (χ0n) is 13.9. The summed E-state index contributed by atoms with van der Waals surface area (Å²) < 4.78 is 5.27. The Morgan fingerprint density at radius 2 is 2.12 bits per heavy atom. The highest BCUT2D eigenvalue weighted by Crippen LogP contribution is 2.21. The number of hydrogen-bond acceptors (Lipinski definition) is 4. The van der Waals surface area contributed by atoms with Gasteiger partial charge in [0.2, 0.25) is 0 Å². The Kier molecular flexibility index (Phi) is 4.79. The number of nitrogens with one attached hydrogen (secondary N) is 2. The molecule has 0 spiro atoms. The second-order valence-corrected chi connectivity index (χ2v) is 5.70. The fourth-order valence-electron chi connectivity index (χ4n) is 2.74. The average Bonchev–Trinajstić information content (AvgIpc) is 2.60. The SMILES string of the molecule is CCCc1ccc2[nH]c(=O)c(CNc3ncccc3OC)cc2c1. The Bertz CT molecular complexity index is 902. The van der Waals surface area contributed by atoms with Crippen molar-refractivity contribution >= 4 is 16.7 Å². The molecule has 3 aromatic rings. The van der Waals surface area contributed by atoms with E-state index in [4.69, 9.17) is 4.74 Å². The molecule has 0 bridgehead atoms. The molecule has 3 rings (SSSR count). The van der Waals surface area contributed by atoms with Crippen LogP contribution in [0.15, 0.2) is 47.4 Å². The van der Waals surface area contributed by atoms with Gasteiger partial charge >= 0.3 is 0 Å². The van der Waals surface area contributed by atoms with Crippen molar-refractivity contribution in [2.24, 2.45) is 0 Å². The van der Waals surface area contributed by atoms with Crippen LogP contribution in [0.5, 0.6) is 5.75 Å². The summed E-state index contributed by atoms with van der Waals surface area (Å²) in [5.74, 6) is 1.28. The summed E-state index contributed by atoms with van der Waals surface area (Å²) in [6.45, 7) is 2.54. The van der Waals surface area contributed by atoms with Crippen LogP contribution in [0.4, 0.5) is 5.82 Å². The third kappa shape index (κ3) is 3.40. The largest absolute Gasteiger partial charge is 0.493 e. The summed E-state index contributed by atoms with van der Waals surface area (Å²) in [5, 5.41) is 4.22. The van der Waals surface area contributed by atoms with E-state index in [1.54, 1.807) is 13.3 Å². The van der Waals surface area contributed by atoms with E-state index in [1.807, 2.05) is 24.3 Å². The van der Waals surface area contributed by atoms with Crippen molar-refractivity contribution in [3.05, 3.63) is 64.1 Å². The Balaban J connectivity index is 1.88. The first-order valence-electron chi connectivity index (χ1n) is 8.09. The molecule has 2 aromatic heterocycles. The number of hydrogen-bond donors (Lipinski definition) is 2. The summed E-state index contributed by atoms with van der Waals surface area (Å²) in [6.07, 6.45) is 3.82. The number of aromatic amines is 1. The Morgan fingerprint density at radius 1 is 1.25 bits per heavy atom. The van der Waals surface area contributed by atoms with Gasteiger partial charge in [0.25, 0.3) is 5.56 Å². The van der Waals surface area contributed by atoms with Crippen LogP contribution in [-0.4, -0.2) is 17.1 Å². The van der Waals surface area contributed by atoms with Crippen LogP contribution in [0, 0.1) is 0 Å². The van der Waals surface area contributed by atoms with Gasteiger partial charge in [0.15, 0.2) is 11.6 Å². The fourth-order valence-corrected chi connectivity index (χ4v) is 2.74. The highest BCUT2D eigenvalue weighted by Gasteiger charge is 2.07. The number of aromatic nitrogens is 2. The van der Waals surface area contributed by atoms with Crippen molar-refractivity contribution in [1.29, 1.82) is 0 Å². The Morgan fingerprint density at radius 3 is 2.92 bits per heavy atom. The molecule has 5 heteroatoms. The maximum atomic E-state index is 12.3. The van der Waals surface area contributed by atoms with E-state index in [2.05, 4.69) is 34.3 Å². The lowest BCUT2D eigenvalue weighted by atomic mass is 10.1. The minimum atomic E-state index is -0.0897. The number of rotatable bonds is 6. The van der Waals surface area contributed by atoms with E-state index in [1.165, 1.54) is 5.56 Å². The van der Waals surface area contributed by atoms with Crippen LogP contribution in [0.25, 0.3) is 10.9 Å². The number of nitrogens with zero attached hydrogens (tertiary/aromatic N) is 1. The average molecular weight is 323 g/mol. The summed E-state index contributed by atoms with van der Waals surface area (Å²) >= 11 is 0. The summed E-state index contributed by atoms with van der Waals surface area (Å²) in [6, 6.07) is 11.8. The molecule has 0 aliphatic rings. The van der Waals surface area contributed by atoms with E-state index < -0.39 is 0 Å². The smallest absolute Gasteiger partial charge is 0.253 e. The van der Waals surface area contributed by atoms with Gasteiger partial charge in [-0.05, 0) is 47.7 Å². The third-order valence-electron chi connectivity index (χ3n) is 3.96. The zero-order valence-corrected chi connectivity index (χ0v) is 13.9. The highest BCUT2D eigenvalue weighted by atomic mass is 16.5. The number of H-pyrrole nitrogens is 1. The van der Waals surface area contributed by atoms with Crippen LogP contribution >= 0.6 is 0 Å². The van der Waals surface area contributed by atoms with Crippen LogP contribution < -0.4 is 15.6 Å². The van der Waals surface area contributed by atoms with Gasteiger partial charge in [0, 0.05) is 23.8 Å². The number of ether oxygens (including phenoxy) is 1. The molecule has 0 unspecified atom stereocenters. The molecule has 2 heterocycles. The van der Waals surface area contributed by atoms with Gasteiger partial charge in [-0.3, -0.25) is 4.79 Å². The van der Waals surface area contributed by atoms with Crippen molar-refractivity contribution in [2.75, 3.05) is 12.4 Å². The Hall–Kier alpha value is -2.82. The molecule has 124 valence electrons. The first-order chi connectivity index (χ1) is 11.7.